The van der Waals surface area contributed by atoms with Crippen molar-refractivity contribution in [1.29, 1.82) is 0 Å². The number of hydrogen-bond acceptors (Lipinski definition) is 4. The molecule has 2 amide bonds. The number of aliphatic hydroxyl groups excluding tert-OH is 1. The molecule has 1 aromatic heterocycles. The van der Waals surface area contributed by atoms with E-state index in [0.717, 1.165) is 30.0 Å². The summed E-state index contributed by atoms with van der Waals surface area (Å²) in [6.45, 7) is 7.77. The number of urea groups is 1. The van der Waals surface area contributed by atoms with Gasteiger partial charge in [0.05, 0.1) is 18.2 Å². The van der Waals surface area contributed by atoms with E-state index >= 15 is 0 Å². The number of hydrogen-bond donors (Lipinski definition) is 3. The maximum Gasteiger partial charge on any atom is 0.315 e. The number of carbonyl (C=O) groups excluding carboxylic acids is 1. The molecule has 5 nitrogen and oxygen atoms in total. The van der Waals surface area contributed by atoms with Gasteiger partial charge in [0.1, 0.15) is 5.01 Å². The molecule has 1 rings (SSSR count). The van der Waals surface area contributed by atoms with E-state index in [-0.39, 0.29) is 18.7 Å². The van der Waals surface area contributed by atoms with Gasteiger partial charge in [0.2, 0.25) is 0 Å². The summed E-state index contributed by atoms with van der Waals surface area (Å²) in [7, 11) is 0. The van der Waals surface area contributed by atoms with E-state index in [1.807, 2.05) is 33.1 Å². The monoisotopic (exact) mass is 299 g/mol. The number of thiazole rings is 1. The van der Waals surface area contributed by atoms with Gasteiger partial charge in [0.25, 0.3) is 0 Å². The molecule has 0 radical (unpaired) electrons. The fourth-order valence-corrected chi connectivity index (χ4v) is 3.00. The molecule has 0 aliphatic rings. The number of rotatable bonds is 7. The van der Waals surface area contributed by atoms with E-state index in [1.54, 1.807) is 11.3 Å². The number of aromatic nitrogens is 1. The summed E-state index contributed by atoms with van der Waals surface area (Å²) in [4.78, 5) is 16.5. The molecule has 0 fully saturated rings. The predicted octanol–water partition coefficient (Wildman–Crippen LogP) is 2.75. The Labute approximate surface area is 124 Å². The summed E-state index contributed by atoms with van der Waals surface area (Å²) in [5.41, 5.74) is 0.396. The molecule has 0 aliphatic heterocycles. The molecule has 2 unspecified atom stereocenters. The van der Waals surface area contributed by atoms with Crippen LogP contribution in [0.4, 0.5) is 4.79 Å². The van der Waals surface area contributed by atoms with Crippen molar-refractivity contribution in [2.45, 2.75) is 58.5 Å². The molecule has 0 saturated heterocycles. The number of nitrogens with one attached hydrogen (secondary N) is 2. The minimum atomic E-state index is -0.573. The Hall–Kier alpha value is -1.14. The summed E-state index contributed by atoms with van der Waals surface area (Å²) in [6, 6.07) is -0.340. The number of amides is 2. The van der Waals surface area contributed by atoms with Crippen LogP contribution in [0.25, 0.3) is 0 Å². The number of aryl methyl sites for hydroxylation is 1. The van der Waals surface area contributed by atoms with Crippen LogP contribution in [-0.2, 0) is 0 Å². The lowest BCUT2D eigenvalue weighted by Crippen LogP contribution is -2.53. The van der Waals surface area contributed by atoms with Gasteiger partial charge < -0.3 is 15.7 Å². The topological polar surface area (TPSA) is 74.2 Å². The van der Waals surface area contributed by atoms with Crippen LogP contribution in [0, 0.1) is 6.92 Å². The van der Waals surface area contributed by atoms with E-state index in [2.05, 4.69) is 15.6 Å². The SMILES string of the molecule is CCCC(C)(CO)NC(=O)NC(CC)c1nc(C)cs1. The standard InChI is InChI=1S/C14H25N3O2S/c1-5-7-14(4,9-18)17-13(19)16-11(6-2)12-15-10(3)8-20-12/h8,11,18H,5-7,9H2,1-4H3,(H2,16,17,19). The first-order chi connectivity index (χ1) is 9.44. The lowest BCUT2D eigenvalue weighted by molar-refractivity contribution is 0.162. The summed E-state index contributed by atoms with van der Waals surface area (Å²) >= 11 is 1.56. The van der Waals surface area contributed by atoms with Gasteiger partial charge in [-0.15, -0.1) is 11.3 Å². The Bertz CT molecular complexity index is 436. The summed E-state index contributed by atoms with van der Waals surface area (Å²) < 4.78 is 0. The zero-order valence-corrected chi connectivity index (χ0v) is 13.5. The van der Waals surface area contributed by atoms with Crippen LogP contribution in [0.15, 0.2) is 5.38 Å². The van der Waals surface area contributed by atoms with E-state index in [9.17, 15) is 9.90 Å². The Morgan fingerprint density at radius 3 is 2.70 bits per heavy atom. The molecule has 0 saturated carbocycles. The van der Waals surface area contributed by atoms with Gasteiger partial charge in [-0.3, -0.25) is 0 Å². The highest BCUT2D eigenvalue weighted by molar-refractivity contribution is 7.09. The molecule has 114 valence electrons. The molecule has 0 aromatic carbocycles. The highest BCUT2D eigenvalue weighted by Gasteiger charge is 2.26. The van der Waals surface area contributed by atoms with Crippen LogP contribution in [-0.4, -0.2) is 28.3 Å². The zero-order valence-electron chi connectivity index (χ0n) is 12.7. The molecule has 6 heteroatoms. The van der Waals surface area contributed by atoms with E-state index in [4.69, 9.17) is 0 Å². The normalized spacial score (nSPS) is 15.4. The maximum atomic E-state index is 12.1. The summed E-state index contributed by atoms with van der Waals surface area (Å²) in [6.07, 6.45) is 2.42. The minimum absolute atomic E-state index is 0.0680. The number of nitrogens with zero attached hydrogens (tertiary/aromatic N) is 1. The molecule has 0 bridgehead atoms. The summed E-state index contributed by atoms with van der Waals surface area (Å²) in [5, 5.41) is 18.1. The largest absolute Gasteiger partial charge is 0.394 e. The van der Waals surface area contributed by atoms with Gasteiger partial charge in [0.15, 0.2) is 0 Å². The molecule has 1 heterocycles. The third-order valence-electron chi connectivity index (χ3n) is 3.21. The van der Waals surface area contributed by atoms with Crippen LogP contribution in [0.5, 0.6) is 0 Å². The first-order valence-electron chi connectivity index (χ1n) is 7.05. The lowest BCUT2D eigenvalue weighted by Gasteiger charge is -2.29. The van der Waals surface area contributed by atoms with Crippen molar-refractivity contribution in [3.05, 3.63) is 16.1 Å². The first-order valence-corrected chi connectivity index (χ1v) is 7.93. The second kappa shape index (κ2) is 7.59. The maximum absolute atomic E-state index is 12.1. The Morgan fingerprint density at radius 1 is 1.55 bits per heavy atom. The summed E-state index contributed by atoms with van der Waals surface area (Å²) in [5.74, 6) is 0. The molecule has 0 aliphatic carbocycles. The van der Waals surface area contributed by atoms with Gasteiger partial charge in [-0.2, -0.15) is 0 Å². The number of carbonyl (C=O) groups is 1. The van der Waals surface area contributed by atoms with Crippen LogP contribution in [0.2, 0.25) is 0 Å². The minimum Gasteiger partial charge on any atom is -0.394 e. The average Bonchev–Trinajstić information content (AvgIpc) is 2.82. The van der Waals surface area contributed by atoms with E-state index in [0.29, 0.717) is 0 Å². The molecule has 0 spiro atoms. The van der Waals surface area contributed by atoms with Crippen molar-refractivity contribution < 1.29 is 9.90 Å². The van der Waals surface area contributed by atoms with Crippen molar-refractivity contribution >= 4 is 17.4 Å². The quantitative estimate of drug-likeness (QED) is 0.724. The molecular weight excluding hydrogens is 274 g/mol. The van der Waals surface area contributed by atoms with Gasteiger partial charge in [-0.25, -0.2) is 9.78 Å². The van der Waals surface area contributed by atoms with Crippen LogP contribution in [0.1, 0.15) is 56.8 Å². The predicted molar refractivity (Wildman–Crippen MR) is 81.9 cm³/mol. The smallest absolute Gasteiger partial charge is 0.315 e. The third kappa shape index (κ3) is 4.76. The highest BCUT2D eigenvalue weighted by atomic mass is 32.1. The second-order valence-electron chi connectivity index (χ2n) is 5.36. The Kier molecular flexibility index (Phi) is 6.42. The second-order valence-corrected chi connectivity index (χ2v) is 6.24. The molecule has 3 N–H and O–H groups in total. The number of aliphatic hydroxyl groups is 1. The average molecular weight is 299 g/mol. The van der Waals surface area contributed by atoms with Gasteiger partial charge in [-0.05, 0) is 26.7 Å². The van der Waals surface area contributed by atoms with E-state index < -0.39 is 5.54 Å². The van der Waals surface area contributed by atoms with Gasteiger partial charge >= 0.3 is 6.03 Å². The highest BCUT2D eigenvalue weighted by Crippen LogP contribution is 2.21. The van der Waals surface area contributed by atoms with Crippen LogP contribution < -0.4 is 10.6 Å². The van der Waals surface area contributed by atoms with E-state index in [1.165, 1.54) is 0 Å². The van der Waals surface area contributed by atoms with Crippen molar-refractivity contribution in [3.63, 3.8) is 0 Å². The zero-order chi connectivity index (χ0) is 15.2. The Balaban J connectivity index is 2.64. The molecule has 2 atom stereocenters. The lowest BCUT2D eigenvalue weighted by atomic mass is 9.97. The van der Waals surface area contributed by atoms with Gasteiger partial charge in [-0.1, -0.05) is 20.3 Å². The molecule has 1 aromatic rings. The van der Waals surface area contributed by atoms with Crippen LogP contribution >= 0.6 is 11.3 Å². The van der Waals surface area contributed by atoms with Gasteiger partial charge in [0, 0.05) is 11.1 Å². The van der Waals surface area contributed by atoms with Crippen molar-refractivity contribution in [1.82, 2.24) is 15.6 Å². The Morgan fingerprint density at radius 2 is 2.25 bits per heavy atom. The van der Waals surface area contributed by atoms with Crippen molar-refractivity contribution in [2.24, 2.45) is 0 Å². The van der Waals surface area contributed by atoms with Crippen molar-refractivity contribution in [3.8, 4) is 0 Å². The fraction of sp³-hybridized carbons (Fsp3) is 0.714. The fourth-order valence-electron chi connectivity index (χ4n) is 2.07. The van der Waals surface area contributed by atoms with Crippen LogP contribution in [0.3, 0.4) is 0 Å². The first kappa shape index (κ1) is 16.9. The molecule has 20 heavy (non-hydrogen) atoms. The third-order valence-corrected chi connectivity index (χ3v) is 4.29. The van der Waals surface area contributed by atoms with Crippen molar-refractivity contribution in [2.75, 3.05) is 6.61 Å². The molecular formula is C14H25N3O2S.